The number of methoxy groups -OCH3 is 1. The first-order valence-corrected chi connectivity index (χ1v) is 5.38. The summed E-state index contributed by atoms with van der Waals surface area (Å²) >= 11 is 0. The van der Waals surface area contributed by atoms with Gasteiger partial charge in [0, 0.05) is 27.1 Å². The number of amides is 1. The average Bonchev–Trinajstić information content (AvgIpc) is 2.14. The van der Waals surface area contributed by atoms with Crippen molar-refractivity contribution in [1.82, 2.24) is 4.90 Å². The van der Waals surface area contributed by atoms with Gasteiger partial charge in [0.15, 0.2) is 0 Å². The minimum absolute atomic E-state index is 0.0823. The highest BCUT2D eigenvalue weighted by molar-refractivity contribution is 5.75. The van der Waals surface area contributed by atoms with Gasteiger partial charge in [0.05, 0.1) is 12.7 Å². The number of ether oxygens (including phenoxy) is 1. The molecule has 0 aromatic carbocycles. The summed E-state index contributed by atoms with van der Waals surface area (Å²) in [6, 6.07) is 0. The molecule has 1 N–H and O–H groups in total. The van der Waals surface area contributed by atoms with Gasteiger partial charge < -0.3 is 14.7 Å². The molecule has 4 nitrogen and oxygen atoms in total. The molecule has 0 radical (unpaired) electrons. The van der Waals surface area contributed by atoms with E-state index in [1.165, 1.54) is 7.11 Å². The molecule has 0 aliphatic heterocycles. The van der Waals surface area contributed by atoms with Crippen LogP contribution >= 0.6 is 0 Å². The molecule has 15 heavy (non-hydrogen) atoms. The molecular formula is C11H23NO3. The third-order valence-electron chi connectivity index (χ3n) is 2.20. The molecule has 0 aliphatic rings. The first kappa shape index (κ1) is 14.4. The summed E-state index contributed by atoms with van der Waals surface area (Å²) in [5, 5.41) is 9.43. The first-order valence-electron chi connectivity index (χ1n) is 5.38. The van der Waals surface area contributed by atoms with E-state index in [0.717, 1.165) is 6.42 Å². The van der Waals surface area contributed by atoms with Crippen molar-refractivity contribution < 1.29 is 14.6 Å². The molecular weight excluding hydrogens is 194 g/mol. The largest absolute Gasteiger partial charge is 0.389 e. The lowest BCUT2D eigenvalue weighted by atomic mass is 10.1. The molecule has 0 bridgehead atoms. The Morgan fingerprint density at radius 3 is 2.53 bits per heavy atom. The second-order valence-corrected chi connectivity index (χ2v) is 4.32. The van der Waals surface area contributed by atoms with Crippen LogP contribution in [-0.2, 0) is 9.53 Å². The normalized spacial score (nSPS) is 12.9. The van der Waals surface area contributed by atoms with Crippen molar-refractivity contribution >= 4 is 5.91 Å². The summed E-state index contributed by atoms with van der Waals surface area (Å²) < 4.78 is 4.79. The summed E-state index contributed by atoms with van der Waals surface area (Å²) in [5.74, 6) is 0.616. The van der Waals surface area contributed by atoms with E-state index in [4.69, 9.17) is 4.74 Å². The molecule has 0 aliphatic carbocycles. The second-order valence-electron chi connectivity index (χ2n) is 4.32. The molecule has 0 saturated heterocycles. The molecule has 0 heterocycles. The third kappa shape index (κ3) is 7.33. The number of hydrogen-bond acceptors (Lipinski definition) is 3. The van der Waals surface area contributed by atoms with Gasteiger partial charge in [0.2, 0.25) is 5.91 Å². The summed E-state index contributed by atoms with van der Waals surface area (Å²) in [5.41, 5.74) is 0. The number of hydrogen-bond donors (Lipinski definition) is 1. The quantitative estimate of drug-likeness (QED) is 0.689. The van der Waals surface area contributed by atoms with Crippen LogP contribution in [0.1, 0.15) is 26.7 Å². The van der Waals surface area contributed by atoms with Crippen LogP contribution in [0.15, 0.2) is 0 Å². The van der Waals surface area contributed by atoms with Crippen molar-refractivity contribution in [1.29, 1.82) is 0 Å². The van der Waals surface area contributed by atoms with Gasteiger partial charge in [-0.25, -0.2) is 0 Å². The average molecular weight is 217 g/mol. The van der Waals surface area contributed by atoms with Crippen LogP contribution in [0.2, 0.25) is 0 Å². The van der Waals surface area contributed by atoms with Crippen LogP contribution < -0.4 is 0 Å². The Morgan fingerprint density at radius 2 is 2.07 bits per heavy atom. The Hall–Kier alpha value is -0.610. The smallest absolute Gasteiger partial charge is 0.222 e. The van der Waals surface area contributed by atoms with Gasteiger partial charge in [-0.2, -0.15) is 0 Å². The second kappa shape index (κ2) is 7.65. The van der Waals surface area contributed by atoms with E-state index in [0.29, 0.717) is 18.9 Å². The molecule has 1 amide bonds. The molecule has 1 atom stereocenters. The topological polar surface area (TPSA) is 49.8 Å². The van der Waals surface area contributed by atoms with Crippen molar-refractivity contribution in [3.8, 4) is 0 Å². The van der Waals surface area contributed by atoms with Crippen molar-refractivity contribution in [2.75, 3.05) is 27.3 Å². The summed E-state index contributed by atoms with van der Waals surface area (Å²) in [7, 11) is 3.24. The lowest BCUT2D eigenvalue weighted by molar-refractivity contribution is -0.131. The molecule has 0 aromatic rings. The third-order valence-corrected chi connectivity index (χ3v) is 2.20. The van der Waals surface area contributed by atoms with Gasteiger partial charge in [-0.05, 0) is 12.3 Å². The number of nitrogens with zero attached hydrogens (tertiary/aromatic N) is 1. The highest BCUT2D eigenvalue weighted by atomic mass is 16.5. The summed E-state index contributed by atoms with van der Waals surface area (Å²) in [6.45, 7) is 4.78. The van der Waals surface area contributed by atoms with E-state index in [9.17, 15) is 9.90 Å². The highest BCUT2D eigenvalue weighted by Crippen LogP contribution is 2.05. The fraction of sp³-hybridized carbons (Fsp3) is 0.909. The molecule has 0 saturated carbocycles. The van der Waals surface area contributed by atoms with E-state index in [-0.39, 0.29) is 12.5 Å². The van der Waals surface area contributed by atoms with Gasteiger partial charge in [0.1, 0.15) is 0 Å². The monoisotopic (exact) mass is 217 g/mol. The molecule has 90 valence electrons. The van der Waals surface area contributed by atoms with Gasteiger partial charge in [0.25, 0.3) is 0 Å². The number of carbonyl (C=O) groups is 1. The number of aliphatic hydroxyl groups is 1. The standard InChI is InChI=1S/C11H23NO3/c1-9(2)5-6-11(14)12(3)7-10(13)8-15-4/h9-10,13H,5-8H2,1-4H3. The zero-order valence-corrected chi connectivity index (χ0v) is 10.2. The minimum atomic E-state index is -0.594. The molecule has 0 rings (SSSR count). The van der Waals surface area contributed by atoms with Crippen LogP contribution in [0.5, 0.6) is 0 Å². The predicted octanol–water partition coefficient (Wildman–Crippen LogP) is 0.888. The molecule has 1 unspecified atom stereocenters. The van der Waals surface area contributed by atoms with Crippen molar-refractivity contribution in [3.63, 3.8) is 0 Å². The molecule has 0 spiro atoms. The lowest BCUT2D eigenvalue weighted by Gasteiger charge is -2.20. The summed E-state index contributed by atoms with van der Waals surface area (Å²) in [6.07, 6.45) is 0.847. The van der Waals surface area contributed by atoms with E-state index in [2.05, 4.69) is 13.8 Å². The Kier molecular flexibility index (Phi) is 7.34. The molecule has 4 heteroatoms. The first-order chi connectivity index (χ1) is 6.97. The fourth-order valence-electron chi connectivity index (χ4n) is 1.27. The van der Waals surface area contributed by atoms with Gasteiger partial charge in [-0.15, -0.1) is 0 Å². The minimum Gasteiger partial charge on any atom is -0.389 e. The van der Waals surface area contributed by atoms with Crippen molar-refractivity contribution in [3.05, 3.63) is 0 Å². The van der Waals surface area contributed by atoms with Gasteiger partial charge >= 0.3 is 0 Å². The Labute approximate surface area is 92.2 Å². The fourth-order valence-corrected chi connectivity index (χ4v) is 1.27. The van der Waals surface area contributed by atoms with Crippen LogP contribution in [0, 0.1) is 5.92 Å². The zero-order valence-electron chi connectivity index (χ0n) is 10.2. The van der Waals surface area contributed by atoms with E-state index >= 15 is 0 Å². The number of likely N-dealkylation sites (N-methyl/N-ethyl adjacent to an activating group) is 1. The molecule has 0 fully saturated rings. The van der Waals surface area contributed by atoms with E-state index in [1.54, 1.807) is 11.9 Å². The van der Waals surface area contributed by atoms with Crippen LogP contribution in [0.4, 0.5) is 0 Å². The zero-order chi connectivity index (χ0) is 11.8. The maximum atomic E-state index is 11.6. The lowest BCUT2D eigenvalue weighted by Crippen LogP contribution is -2.36. The highest BCUT2D eigenvalue weighted by Gasteiger charge is 2.13. The Balaban J connectivity index is 3.78. The van der Waals surface area contributed by atoms with Crippen LogP contribution in [-0.4, -0.2) is 49.3 Å². The Morgan fingerprint density at radius 1 is 1.47 bits per heavy atom. The van der Waals surface area contributed by atoms with Crippen LogP contribution in [0.3, 0.4) is 0 Å². The van der Waals surface area contributed by atoms with E-state index < -0.39 is 6.10 Å². The number of carbonyl (C=O) groups excluding carboxylic acids is 1. The van der Waals surface area contributed by atoms with Gasteiger partial charge in [-0.3, -0.25) is 4.79 Å². The number of rotatable bonds is 7. The summed E-state index contributed by atoms with van der Waals surface area (Å²) in [4.78, 5) is 13.1. The van der Waals surface area contributed by atoms with E-state index in [1.807, 2.05) is 0 Å². The predicted molar refractivity (Wildman–Crippen MR) is 59.6 cm³/mol. The van der Waals surface area contributed by atoms with Gasteiger partial charge in [-0.1, -0.05) is 13.8 Å². The maximum absolute atomic E-state index is 11.6. The van der Waals surface area contributed by atoms with Crippen molar-refractivity contribution in [2.24, 2.45) is 5.92 Å². The molecule has 0 aromatic heterocycles. The number of aliphatic hydroxyl groups excluding tert-OH is 1. The Bertz CT molecular complexity index is 183. The SMILES string of the molecule is COCC(O)CN(C)C(=O)CCC(C)C. The van der Waals surface area contributed by atoms with Crippen molar-refractivity contribution in [2.45, 2.75) is 32.8 Å². The van der Waals surface area contributed by atoms with Crippen LogP contribution in [0.25, 0.3) is 0 Å². The maximum Gasteiger partial charge on any atom is 0.222 e.